The van der Waals surface area contributed by atoms with E-state index in [1.807, 2.05) is 24.3 Å². The van der Waals surface area contributed by atoms with E-state index in [0.29, 0.717) is 33.4 Å². The highest BCUT2D eigenvalue weighted by Gasteiger charge is 2.38. The number of terminal acetylenes is 4. The molecule has 0 heterocycles. The largest absolute Gasteiger partial charge is 0.289 e. The monoisotopic (exact) mass is 436 g/mol. The molecule has 2 aromatic carbocycles. The molecule has 0 N–H and O–H groups in total. The standard InChI is InChI=1S/C32H20O2/c1-7-31(5,8-2)27-19-25(21-15-11-13-17-23(21)29(27)33)26-20-28(32(6,9-3)10-4)30(34)24-18-14-12-16-22(24)26/h1-4,11-20H,5-6H3/b26-25+. The molecule has 0 saturated carbocycles. The summed E-state index contributed by atoms with van der Waals surface area (Å²) < 4.78 is 0. The number of fused-ring (bicyclic) bond motifs is 2. The third kappa shape index (κ3) is 3.14. The van der Waals surface area contributed by atoms with E-state index in [9.17, 15) is 9.59 Å². The highest BCUT2D eigenvalue weighted by Crippen LogP contribution is 2.45. The molecule has 2 aromatic rings. The molecule has 0 radical (unpaired) electrons. The molecule has 0 atom stereocenters. The zero-order valence-corrected chi connectivity index (χ0v) is 18.9. The second kappa shape index (κ2) is 7.98. The lowest BCUT2D eigenvalue weighted by molar-refractivity contribution is 0.101. The average Bonchev–Trinajstić information content (AvgIpc) is 2.89. The first-order valence-electron chi connectivity index (χ1n) is 10.6. The van der Waals surface area contributed by atoms with E-state index in [0.717, 1.165) is 11.1 Å². The van der Waals surface area contributed by atoms with Gasteiger partial charge in [0.2, 0.25) is 0 Å². The van der Waals surface area contributed by atoms with E-state index in [1.54, 1.807) is 50.3 Å². The summed E-state index contributed by atoms with van der Waals surface area (Å²) in [4.78, 5) is 26.8. The number of allylic oxidation sites excluding steroid dienone is 6. The van der Waals surface area contributed by atoms with Gasteiger partial charge < -0.3 is 0 Å². The van der Waals surface area contributed by atoms with Crippen LogP contribution in [0.3, 0.4) is 0 Å². The topological polar surface area (TPSA) is 34.1 Å². The number of ketones is 2. The Hall–Kier alpha value is -4.76. The van der Waals surface area contributed by atoms with Crippen molar-refractivity contribution < 1.29 is 9.59 Å². The van der Waals surface area contributed by atoms with Gasteiger partial charge in [-0.1, -0.05) is 72.2 Å². The SMILES string of the molecule is C#CC(C)(C#C)C1=C/C(=C2/C=C(C(C)(C#C)C#C)C(=O)c3ccccc32)c2ccccc2C1=O. The first-order valence-corrected chi connectivity index (χ1v) is 10.6. The average molecular weight is 437 g/mol. The molecular weight excluding hydrogens is 416 g/mol. The van der Waals surface area contributed by atoms with Crippen molar-refractivity contribution >= 4 is 22.7 Å². The highest BCUT2D eigenvalue weighted by atomic mass is 16.1. The van der Waals surface area contributed by atoms with Gasteiger partial charge in [0.05, 0.1) is 0 Å². The van der Waals surface area contributed by atoms with Gasteiger partial charge in [-0.15, -0.1) is 25.7 Å². The molecule has 0 bridgehead atoms. The van der Waals surface area contributed by atoms with Crippen molar-refractivity contribution in [3.8, 4) is 49.4 Å². The Kier molecular flexibility index (Phi) is 5.27. The Bertz CT molecular complexity index is 1400. The highest BCUT2D eigenvalue weighted by molar-refractivity contribution is 6.24. The Morgan fingerprint density at radius 2 is 0.853 bits per heavy atom. The van der Waals surface area contributed by atoms with Gasteiger partial charge >= 0.3 is 0 Å². The lowest BCUT2D eigenvalue weighted by Crippen LogP contribution is -2.27. The van der Waals surface area contributed by atoms with Crippen molar-refractivity contribution in [2.75, 3.05) is 0 Å². The Labute approximate surface area is 200 Å². The van der Waals surface area contributed by atoms with Crippen LogP contribution in [0.2, 0.25) is 0 Å². The van der Waals surface area contributed by atoms with E-state index >= 15 is 0 Å². The van der Waals surface area contributed by atoms with E-state index in [4.69, 9.17) is 25.7 Å². The maximum atomic E-state index is 13.4. The predicted octanol–water partition coefficient (Wildman–Crippen LogP) is 5.39. The Balaban J connectivity index is 2.18. The lowest BCUT2D eigenvalue weighted by atomic mass is 9.70. The third-order valence-electron chi connectivity index (χ3n) is 6.51. The minimum absolute atomic E-state index is 0.222. The summed E-state index contributed by atoms with van der Waals surface area (Å²) in [6, 6.07) is 14.5. The van der Waals surface area contributed by atoms with Crippen LogP contribution in [0.15, 0.2) is 71.8 Å². The molecule has 0 fully saturated rings. The molecule has 0 aromatic heterocycles. The van der Waals surface area contributed by atoms with Crippen LogP contribution in [-0.4, -0.2) is 11.6 Å². The Morgan fingerprint density at radius 1 is 0.559 bits per heavy atom. The molecule has 0 unspecified atom stereocenters. The zero-order chi connectivity index (χ0) is 24.7. The smallest absolute Gasteiger partial charge is 0.192 e. The molecule has 0 saturated heterocycles. The summed E-state index contributed by atoms with van der Waals surface area (Å²) in [6.45, 7) is 3.33. The number of rotatable bonds is 2. The first-order chi connectivity index (χ1) is 16.2. The van der Waals surface area contributed by atoms with Crippen LogP contribution in [0.1, 0.15) is 45.7 Å². The summed E-state index contributed by atoms with van der Waals surface area (Å²) in [5, 5.41) is 0. The van der Waals surface area contributed by atoms with Gasteiger partial charge in [-0.25, -0.2) is 0 Å². The van der Waals surface area contributed by atoms with Crippen molar-refractivity contribution in [3.63, 3.8) is 0 Å². The summed E-state index contributed by atoms with van der Waals surface area (Å²) in [5.41, 5.74) is 2.06. The zero-order valence-electron chi connectivity index (χ0n) is 18.9. The first kappa shape index (κ1) is 22.4. The minimum Gasteiger partial charge on any atom is -0.289 e. The summed E-state index contributed by atoms with van der Waals surface area (Å²) in [5.74, 6) is 9.91. The molecule has 0 spiro atoms. The number of Topliss-reactive ketones (excluding diaryl/α,β-unsaturated/α-hetero) is 2. The van der Waals surface area contributed by atoms with E-state index in [1.165, 1.54) is 0 Å². The molecule has 34 heavy (non-hydrogen) atoms. The van der Waals surface area contributed by atoms with E-state index in [-0.39, 0.29) is 11.6 Å². The third-order valence-corrected chi connectivity index (χ3v) is 6.51. The van der Waals surface area contributed by atoms with Crippen LogP contribution in [0.5, 0.6) is 0 Å². The van der Waals surface area contributed by atoms with E-state index in [2.05, 4.69) is 23.7 Å². The second-order valence-corrected chi connectivity index (χ2v) is 8.52. The predicted molar refractivity (Wildman–Crippen MR) is 136 cm³/mol. The number of hydrogen-bond donors (Lipinski definition) is 0. The number of benzene rings is 2. The van der Waals surface area contributed by atoms with Crippen LogP contribution in [0.25, 0.3) is 11.1 Å². The molecule has 2 aliphatic carbocycles. The molecule has 4 rings (SSSR count). The number of carbonyl (C=O) groups is 2. The number of hydrogen-bond acceptors (Lipinski definition) is 2. The van der Waals surface area contributed by atoms with Crippen LogP contribution in [0.4, 0.5) is 0 Å². The van der Waals surface area contributed by atoms with E-state index < -0.39 is 10.8 Å². The van der Waals surface area contributed by atoms with Crippen LogP contribution in [0, 0.1) is 60.2 Å². The van der Waals surface area contributed by atoms with Gasteiger partial charge in [0.1, 0.15) is 10.8 Å². The molecule has 0 aliphatic heterocycles. The molecule has 0 amide bonds. The summed E-state index contributed by atoms with van der Waals surface area (Å²) in [7, 11) is 0. The van der Waals surface area contributed by atoms with Gasteiger partial charge in [0.25, 0.3) is 0 Å². The van der Waals surface area contributed by atoms with Crippen molar-refractivity contribution in [2.45, 2.75) is 13.8 Å². The second-order valence-electron chi connectivity index (χ2n) is 8.52. The van der Waals surface area contributed by atoms with Crippen LogP contribution in [-0.2, 0) is 0 Å². The normalized spacial score (nSPS) is 17.1. The summed E-state index contributed by atoms with van der Waals surface area (Å²) in [6.07, 6.45) is 26.5. The Morgan fingerprint density at radius 3 is 1.15 bits per heavy atom. The van der Waals surface area contributed by atoms with Gasteiger partial charge in [-0.05, 0) is 48.3 Å². The van der Waals surface area contributed by atoms with Gasteiger partial charge in [0.15, 0.2) is 11.6 Å². The maximum Gasteiger partial charge on any atom is 0.192 e. The van der Waals surface area contributed by atoms with Gasteiger partial charge in [-0.2, -0.15) is 0 Å². The molecule has 2 nitrogen and oxygen atoms in total. The molecular formula is C32H20O2. The fraction of sp³-hybridized carbons (Fsp3) is 0.125. The van der Waals surface area contributed by atoms with Crippen molar-refractivity contribution in [1.29, 1.82) is 0 Å². The molecule has 2 aliphatic rings. The molecule has 2 heteroatoms. The van der Waals surface area contributed by atoms with Crippen molar-refractivity contribution in [3.05, 3.63) is 94.1 Å². The van der Waals surface area contributed by atoms with Crippen molar-refractivity contribution in [2.24, 2.45) is 10.8 Å². The fourth-order valence-corrected chi connectivity index (χ4v) is 4.28. The van der Waals surface area contributed by atoms with Gasteiger partial charge in [0, 0.05) is 22.3 Å². The van der Waals surface area contributed by atoms with Gasteiger partial charge in [-0.3, -0.25) is 9.59 Å². The van der Waals surface area contributed by atoms with Crippen molar-refractivity contribution in [1.82, 2.24) is 0 Å². The quantitative estimate of drug-likeness (QED) is 0.592. The molecule has 160 valence electrons. The van der Waals surface area contributed by atoms with Crippen LogP contribution >= 0.6 is 0 Å². The summed E-state index contributed by atoms with van der Waals surface area (Å²) >= 11 is 0. The lowest BCUT2D eigenvalue weighted by Gasteiger charge is -2.30. The fourth-order valence-electron chi connectivity index (χ4n) is 4.28. The maximum absolute atomic E-state index is 13.4. The van der Waals surface area contributed by atoms with Crippen LogP contribution < -0.4 is 0 Å². The number of carbonyl (C=O) groups excluding carboxylic acids is 2. The minimum atomic E-state index is -1.21.